The van der Waals surface area contributed by atoms with Crippen molar-refractivity contribution in [3.8, 4) is 6.07 Å². The summed E-state index contributed by atoms with van der Waals surface area (Å²) in [5.41, 5.74) is 1.32. The molecule has 1 aromatic carbocycles. The van der Waals surface area contributed by atoms with E-state index >= 15 is 0 Å². The largest absolute Gasteiger partial charge is 0.198 e. The van der Waals surface area contributed by atoms with Gasteiger partial charge in [0.1, 0.15) is 0 Å². The van der Waals surface area contributed by atoms with Crippen molar-refractivity contribution in [2.75, 3.05) is 0 Å². The molecule has 2 unspecified atom stereocenters. The Hall–Kier alpha value is -1.55. The van der Waals surface area contributed by atoms with Crippen LogP contribution < -0.4 is 0 Å². The van der Waals surface area contributed by atoms with E-state index in [1.54, 1.807) is 0 Å². The van der Waals surface area contributed by atoms with Crippen molar-refractivity contribution in [3.05, 3.63) is 48.6 Å². The highest BCUT2D eigenvalue weighted by atomic mass is 14.5. The van der Waals surface area contributed by atoms with Crippen LogP contribution in [0.15, 0.2) is 43.0 Å². The van der Waals surface area contributed by atoms with E-state index in [1.165, 1.54) is 18.4 Å². The molecule has 1 saturated carbocycles. The third kappa shape index (κ3) is 2.13. The normalized spacial score (nSPS) is 28.3. The average Bonchev–Trinajstić information content (AvgIpc) is 2.40. The van der Waals surface area contributed by atoms with Gasteiger partial charge in [-0.15, -0.1) is 6.58 Å². The zero-order chi connectivity index (χ0) is 12.1. The maximum Gasteiger partial charge on any atom is 0.0665 e. The molecule has 0 saturated heterocycles. The van der Waals surface area contributed by atoms with E-state index in [0.717, 1.165) is 19.3 Å². The van der Waals surface area contributed by atoms with Crippen LogP contribution in [-0.4, -0.2) is 0 Å². The summed E-state index contributed by atoms with van der Waals surface area (Å²) in [6.07, 6.45) is 7.43. The Kier molecular flexibility index (Phi) is 3.64. The lowest BCUT2D eigenvalue weighted by molar-refractivity contribution is 0.232. The van der Waals surface area contributed by atoms with Crippen molar-refractivity contribution in [2.45, 2.75) is 37.5 Å². The zero-order valence-electron chi connectivity index (χ0n) is 10.2. The van der Waals surface area contributed by atoms with Crippen molar-refractivity contribution < 1.29 is 0 Å². The molecule has 88 valence electrons. The van der Waals surface area contributed by atoms with Gasteiger partial charge in [0.05, 0.1) is 12.0 Å². The Labute approximate surface area is 104 Å². The van der Waals surface area contributed by atoms with Gasteiger partial charge in [0.25, 0.3) is 0 Å². The van der Waals surface area contributed by atoms with Crippen LogP contribution in [0.2, 0.25) is 0 Å². The Morgan fingerprint density at radius 1 is 1.35 bits per heavy atom. The molecule has 2 atom stereocenters. The number of benzene rings is 1. The summed E-state index contributed by atoms with van der Waals surface area (Å²) < 4.78 is 0. The molecule has 0 spiro atoms. The van der Waals surface area contributed by atoms with E-state index in [2.05, 4.69) is 36.9 Å². The smallest absolute Gasteiger partial charge is 0.0665 e. The van der Waals surface area contributed by atoms with Crippen LogP contribution in [0.3, 0.4) is 0 Å². The predicted octanol–water partition coefficient (Wildman–Crippen LogP) is 4.21. The first-order valence-corrected chi connectivity index (χ1v) is 6.39. The fourth-order valence-electron chi connectivity index (χ4n) is 3.16. The number of hydrogen-bond acceptors (Lipinski definition) is 1. The number of nitrogens with zero attached hydrogens (tertiary/aromatic N) is 1. The minimum absolute atomic E-state index is 0.00993. The van der Waals surface area contributed by atoms with Crippen molar-refractivity contribution in [3.63, 3.8) is 0 Å². The lowest BCUT2D eigenvalue weighted by Gasteiger charge is -2.41. The summed E-state index contributed by atoms with van der Waals surface area (Å²) in [4.78, 5) is 0. The van der Waals surface area contributed by atoms with Crippen molar-refractivity contribution in [1.29, 1.82) is 5.26 Å². The topological polar surface area (TPSA) is 23.8 Å². The Balaban J connectivity index is 2.44. The van der Waals surface area contributed by atoms with Gasteiger partial charge in [-0.1, -0.05) is 49.2 Å². The van der Waals surface area contributed by atoms with E-state index in [-0.39, 0.29) is 11.3 Å². The van der Waals surface area contributed by atoms with Gasteiger partial charge in [-0.05, 0) is 24.8 Å². The molecule has 0 N–H and O–H groups in total. The van der Waals surface area contributed by atoms with Crippen LogP contribution in [-0.2, 0) is 5.41 Å². The van der Waals surface area contributed by atoms with Crippen LogP contribution in [0.25, 0.3) is 0 Å². The van der Waals surface area contributed by atoms with Crippen LogP contribution in [0.4, 0.5) is 0 Å². The van der Waals surface area contributed by atoms with Crippen molar-refractivity contribution >= 4 is 0 Å². The zero-order valence-corrected chi connectivity index (χ0v) is 10.2. The summed E-state index contributed by atoms with van der Waals surface area (Å²) in [5, 5.41) is 9.43. The quantitative estimate of drug-likeness (QED) is 0.707. The standard InChI is InChI=1S/C16H19N/c1-2-11-16(14-8-4-3-5-9-14)12-7-6-10-15(16)13-17/h2-5,8-9,15H,1,6-7,10-12H2. The van der Waals surface area contributed by atoms with E-state index in [9.17, 15) is 5.26 Å². The van der Waals surface area contributed by atoms with Crippen molar-refractivity contribution in [1.82, 2.24) is 0 Å². The van der Waals surface area contributed by atoms with Crippen LogP contribution in [0.1, 0.15) is 37.7 Å². The van der Waals surface area contributed by atoms with Crippen LogP contribution in [0, 0.1) is 17.2 Å². The molecule has 0 bridgehead atoms. The van der Waals surface area contributed by atoms with E-state index in [4.69, 9.17) is 0 Å². The molecular formula is C16H19N. The monoisotopic (exact) mass is 225 g/mol. The van der Waals surface area contributed by atoms with Crippen LogP contribution in [0.5, 0.6) is 0 Å². The molecule has 1 aromatic rings. The van der Waals surface area contributed by atoms with Gasteiger partial charge in [0.15, 0.2) is 0 Å². The summed E-state index contributed by atoms with van der Waals surface area (Å²) in [6, 6.07) is 13.0. The molecule has 0 radical (unpaired) electrons. The van der Waals surface area contributed by atoms with Gasteiger partial charge in [0.2, 0.25) is 0 Å². The second kappa shape index (κ2) is 5.19. The van der Waals surface area contributed by atoms with Gasteiger partial charge in [-0.25, -0.2) is 0 Å². The van der Waals surface area contributed by atoms with Crippen LogP contribution >= 0.6 is 0 Å². The van der Waals surface area contributed by atoms with Gasteiger partial charge >= 0.3 is 0 Å². The highest BCUT2D eigenvalue weighted by Crippen LogP contribution is 2.46. The Morgan fingerprint density at radius 3 is 2.76 bits per heavy atom. The fourth-order valence-corrected chi connectivity index (χ4v) is 3.16. The lowest BCUT2D eigenvalue weighted by Crippen LogP contribution is -2.37. The van der Waals surface area contributed by atoms with Gasteiger partial charge in [0, 0.05) is 5.41 Å². The minimum Gasteiger partial charge on any atom is -0.198 e. The van der Waals surface area contributed by atoms with Gasteiger partial charge in [-0.3, -0.25) is 0 Å². The Morgan fingerprint density at radius 2 is 2.12 bits per heavy atom. The molecule has 2 rings (SSSR count). The summed E-state index contributed by atoms with van der Waals surface area (Å²) in [6.45, 7) is 3.88. The summed E-state index contributed by atoms with van der Waals surface area (Å²) in [5.74, 6) is 0.136. The highest BCUT2D eigenvalue weighted by Gasteiger charge is 2.41. The number of nitriles is 1. The SMILES string of the molecule is C=CCC1(c2ccccc2)CCCCC1C#N. The molecule has 0 aromatic heterocycles. The molecule has 1 fully saturated rings. The molecular weight excluding hydrogens is 206 g/mol. The molecule has 0 amide bonds. The first-order chi connectivity index (χ1) is 8.33. The van der Waals surface area contributed by atoms with Gasteiger partial charge < -0.3 is 0 Å². The number of hydrogen-bond donors (Lipinski definition) is 0. The molecule has 1 aliphatic carbocycles. The summed E-state index contributed by atoms with van der Waals surface area (Å²) in [7, 11) is 0. The molecule has 0 aliphatic heterocycles. The van der Waals surface area contributed by atoms with E-state index in [0.29, 0.717) is 0 Å². The highest BCUT2D eigenvalue weighted by molar-refractivity contribution is 5.30. The first kappa shape index (κ1) is 11.9. The molecule has 1 heteroatoms. The maximum atomic E-state index is 9.43. The van der Waals surface area contributed by atoms with E-state index in [1.807, 2.05) is 12.1 Å². The molecule has 1 aliphatic rings. The van der Waals surface area contributed by atoms with Crippen molar-refractivity contribution in [2.24, 2.45) is 5.92 Å². The Bertz CT molecular complexity index is 415. The lowest BCUT2D eigenvalue weighted by atomic mass is 9.61. The minimum atomic E-state index is 0.00993. The third-order valence-electron chi connectivity index (χ3n) is 4.05. The third-order valence-corrected chi connectivity index (χ3v) is 4.05. The average molecular weight is 225 g/mol. The molecule has 17 heavy (non-hydrogen) atoms. The number of allylic oxidation sites excluding steroid dienone is 1. The first-order valence-electron chi connectivity index (χ1n) is 6.39. The second-order valence-corrected chi connectivity index (χ2v) is 4.94. The second-order valence-electron chi connectivity index (χ2n) is 4.94. The fraction of sp³-hybridized carbons (Fsp3) is 0.438. The van der Waals surface area contributed by atoms with E-state index < -0.39 is 0 Å². The van der Waals surface area contributed by atoms with Gasteiger partial charge in [-0.2, -0.15) is 5.26 Å². The number of rotatable bonds is 3. The summed E-state index contributed by atoms with van der Waals surface area (Å²) >= 11 is 0. The maximum absolute atomic E-state index is 9.43. The molecule has 1 nitrogen and oxygen atoms in total. The molecule has 0 heterocycles. The predicted molar refractivity (Wildman–Crippen MR) is 70.5 cm³/mol.